The molecule has 6 heteroatoms. The van der Waals surface area contributed by atoms with E-state index in [1.54, 1.807) is 6.20 Å². The molecule has 1 aromatic heterocycles. The summed E-state index contributed by atoms with van der Waals surface area (Å²) in [4.78, 5) is 30.5. The van der Waals surface area contributed by atoms with Crippen molar-refractivity contribution in [3.8, 4) is 0 Å². The zero-order valence-corrected chi connectivity index (χ0v) is 12.6. The third-order valence-corrected chi connectivity index (χ3v) is 3.32. The Hall–Kier alpha value is -1.98. The van der Waals surface area contributed by atoms with Crippen LogP contribution in [0.15, 0.2) is 12.4 Å². The van der Waals surface area contributed by atoms with Gasteiger partial charge in [-0.05, 0) is 25.7 Å². The number of carbonyl (C=O) groups excluding carboxylic acids is 1. The second-order valence-electron chi connectivity index (χ2n) is 5.17. The van der Waals surface area contributed by atoms with E-state index in [4.69, 9.17) is 5.11 Å². The van der Waals surface area contributed by atoms with Crippen LogP contribution in [0.1, 0.15) is 55.2 Å². The lowest BCUT2D eigenvalue weighted by molar-refractivity contribution is -0.137. The molecule has 116 valence electrons. The molecule has 1 rings (SSSR count). The Labute approximate surface area is 125 Å². The number of carboxylic acids is 1. The van der Waals surface area contributed by atoms with Gasteiger partial charge in [-0.25, -0.2) is 4.98 Å². The minimum absolute atomic E-state index is 0.183. The standard InChI is InChI=1S/C15H23N3O3/c1-3-4-12(5-6-14(19)20)7-8-16-15(21)13-10-17-11(2)9-18-13/h9-10,12H,3-8H2,1-2H3,(H,16,21)(H,19,20). The predicted molar refractivity (Wildman–Crippen MR) is 79.0 cm³/mol. The second kappa shape index (κ2) is 9.05. The molecule has 0 spiro atoms. The van der Waals surface area contributed by atoms with Gasteiger partial charge in [-0.15, -0.1) is 0 Å². The number of nitrogens with one attached hydrogen (secondary N) is 1. The average Bonchev–Trinajstić information content (AvgIpc) is 2.45. The van der Waals surface area contributed by atoms with Crippen LogP contribution in [-0.4, -0.2) is 33.5 Å². The molecule has 0 saturated carbocycles. The highest BCUT2D eigenvalue weighted by molar-refractivity contribution is 5.91. The molecule has 0 aliphatic heterocycles. The molecule has 6 nitrogen and oxygen atoms in total. The Kier molecular flexibility index (Phi) is 7.36. The lowest BCUT2D eigenvalue weighted by Gasteiger charge is -2.15. The normalized spacial score (nSPS) is 11.9. The van der Waals surface area contributed by atoms with Gasteiger partial charge < -0.3 is 10.4 Å². The van der Waals surface area contributed by atoms with E-state index < -0.39 is 5.97 Å². The minimum Gasteiger partial charge on any atom is -0.481 e. The van der Waals surface area contributed by atoms with Crippen LogP contribution >= 0.6 is 0 Å². The largest absolute Gasteiger partial charge is 0.481 e. The first-order valence-electron chi connectivity index (χ1n) is 7.31. The minimum atomic E-state index is -0.768. The molecule has 1 aromatic rings. The fourth-order valence-electron chi connectivity index (χ4n) is 2.16. The summed E-state index contributed by atoms with van der Waals surface area (Å²) < 4.78 is 0. The van der Waals surface area contributed by atoms with Crippen molar-refractivity contribution in [3.05, 3.63) is 23.8 Å². The summed E-state index contributed by atoms with van der Waals surface area (Å²) in [5, 5.41) is 11.5. The summed E-state index contributed by atoms with van der Waals surface area (Å²) in [7, 11) is 0. The van der Waals surface area contributed by atoms with Crippen molar-refractivity contribution in [2.75, 3.05) is 6.54 Å². The van der Waals surface area contributed by atoms with Crippen molar-refractivity contribution >= 4 is 11.9 Å². The van der Waals surface area contributed by atoms with Crippen LogP contribution in [0, 0.1) is 12.8 Å². The Balaban J connectivity index is 2.36. The molecule has 0 aromatic carbocycles. The number of amides is 1. The topological polar surface area (TPSA) is 92.2 Å². The van der Waals surface area contributed by atoms with E-state index in [-0.39, 0.29) is 12.3 Å². The van der Waals surface area contributed by atoms with Crippen molar-refractivity contribution in [3.63, 3.8) is 0 Å². The summed E-state index contributed by atoms with van der Waals surface area (Å²) in [6.45, 7) is 4.42. The zero-order valence-electron chi connectivity index (χ0n) is 12.6. The SMILES string of the molecule is CCCC(CCNC(=O)c1cnc(C)cn1)CCC(=O)O. The number of hydrogen-bond acceptors (Lipinski definition) is 4. The molecule has 1 atom stereocenters. The molecule has 0 aliphatic carbocycles. The van der Waals surface area contributed by atoms with Crippen molar-refractivity contribution in [1.29, 1.82) is 0 Å². The van der Waals surface area contributed by atoms with E-state index in [1.165, 1.54) is 6.20 Å². The van der Waals surface area contributed by atoms with Gasteiger partial charge in [0.05, 0.1) is 11.9 Å². The maximum atomic E-state index is 11.9. The molecule has 1 unspecified atom stereocenters. The Bertz CT molecular complexity index is 460. The van der Waals surface area contributed by atoms with Gasteiger partial charge in [0.2, 0.25) is 0 Å². The molecule has 0 fully saturated rings. The van der Waals surface area contributed by atoms with Crippen LogP contribution in [0.4, 0.5) is 0 Å². The second-order valence-corrected chi connectivity index (χ2v) is 5.17. The van der Waals surface area contributed by atoms with Gasteiger partial charge in [-0.2, -0.15) is 0 Å². The third kappa shape index (κ3) is 6.83. The van der Waals surface area contributed by atoms with Crippen LogP contribution < -0.4 is 5.32 Å². The third-order valence-electron chi connectivity index (χ3n) is 3.32. The summed E-state index contributed by atoms with van der Waals surface area (Å²) in [6.07, 6.45) is 6.63. The highest BCUT2D eigenvalue weighted by Crippen LogP contribution is 2.17. The van der Waals surface area contributed by atoms with E-state index in [9.17, 15) is 9.59 Å². The number of carboxylic acid groups (broad SMARTS) is 1. The summed E-state index contributed by atoms with van der Waals surface area (Å²) >= 11 is 0. The molecule has 2 N–H and O–H groups in total. The van der Waals surface area contributed by atoms with Crippen molar-refractivity contribution in [2.45, 2.75) is 46.0 Å². The number of aryl methyl sites for hydroxylation is 1. The first-order chi connectivity index (χ1) is 10.0. The van der Waals surface area contributed by atoms with E-state index in [0.29, 0.717) is 24.6 Å². The number of aliphatic carboxylic acids is 1. The summed E-state index contributed by atoms with van der Waals surface area (Å²) in [6, 6.07) is 0. The van der Waals surface area contributed by atoms with Gasteiger partial charge >= 0.3 is 5.97 Å². The number of nitrogens with zero attached hydrogens (tertiary/aromatic N) is 2. The first kappa shape index (κ1) is 17.1. The van der Waals surface area contributed by atoms with E-state index >= 15 is 0 Å². The van der Waals surface area contributed by atoms with Crippen LogP contribution in [-0.2, 0) is 4.79 Å². The monoisotopic (exact) mass is 293 g/mol. The molecule has 1 amide bonds. The number of aromatic nitrogens is 2. The predicted octanol–water partition coefficient (Wildman–Crippen LogP) is 2.19. The Morgan fingerprint density at radius 3 is 2.57 bits per heavy atom. The van der Waals surface area contributed by atoms with E-state index in [1.807, 2.05) is 6.92 Å². The highest BCUT2D eigenvalue weighted by atomic mass is 16.4. The average molecular weight is 293 g/mol. The van der Waals surface area contributed by atoms with Gasteiger partial charge in [0.25, 0.3) is 5.91 Å². The summed E-state index contributed by atoms with van der Waals surface area (Å²) in [5.74, 6) is -0.679. The highest BCUT2D eigenvalue weighted by Gasteiger charge is 2.12. The Morgan fingerprint density at radius 2 is 2.00 bits per heavy atom. The van der Waals surface area contributed by atoms with Crippen LogP contribution in [0.2, 0.25) is 0 Å². The number of carbonyl (C=O) groups is 2. The molecule has 0 aliphatic rings. The number of rotatable bonds is 9. The fourth-order valence-corrected chi connectivity index (χ4v) is 2.16. The van der Waals surface area contributed by atoms with Gasteiger partial charge in [-0.3, -0.25) is 14.6 Å². The molecule has 0 bridgehead atoms. The van der Waals surface area contributed by atoms with E-state index in [2.05, 4.69) is 22.2 Å². The number of hydrogen-bond donors (Lipinski definition) is 2. The van der Waals surface area contributed by atoms with Crippen molar-refractivity contribution < 1.29 is 14.7 Å². The van der Waals surface area contributed by atoms with Gasteiger partial charge in [0.15, 0.2) is 0 Å². The molecular weight excluding hydrogens is 270 g/mol. The molecule has 0 radical (unpaired) electrons. The maximum Gasteiger partial charge on any atom is 0.303 e. The molecule has 0 saturated heterocycles. The fraction of sp³-hybridized carbons (Fsp3) is 0.600. The van der Waals surface area contributed by atoms with Crippen LogP contribution in [0.3, 0.4) is 0 Å². The first-order valence-corrected chi connectivity index (χ1v) is 7.31. The Morgan fingerprint density at radius 1 is 1.24 bits per heavy atom. The van der Waals surface area contributed by atoms with Crippen LogP contribution in [0.5, 0.6) is 0 Å². The maximum absolute atomic E-state index is 11.9. The van der Waals surface area contributed by atoms with E-state index in [0.717, 1.165) is 25.0 Å². The van der Waals surface area contributed by atoms with Gasteiger partial charge in [0, 0.05) is 19.2 Å². The molecular formula is C15H23N3O3. The molecule has 1 heterocycles. The lowest BCUT2D eigenvalue weighted by atomic mass is 9.94. The van der Waals surface area contributed by atoms with Crippen molar-refractivity contribution in [2.24, 2.45) is 5.92 Å². The summed E-state index contributed by atoms with van der Waals surface area (Å²) in [5.41, 5.74) is 1.07. The quantitative estimate of drug-likeness (QED) is 0.728. The van der Waals surface area contributed by atoms with Crippen LogP contribution in [0.25, 0.3) is 0 Å². The van der Waals surface area contributed by atoms with Gasteiger partial charge in [0.1, 0.15) is 5.69 Å². The van der Waals surface area contributed by atoms with Gasteiger partial charge in [-0.1, -0.05) is 19.8 Å². The lowest BCUT2D eigenvalue weighted by Crippen LogP contribution is -2.27. The molecule has 21 heavy (non-hydrogen) atoms. The smallest absolute Gasteiger partial charge is 0.303 e. The van der Waals surface area contributed by atoms with Crippen molar-refractivity contribution in [1.82, 2.24) is 15.3 Å². The zero-order chi connectivity index (χ0) is 15.7.